The van der Waals surface area contributed by atoms with Crippen LogP contribution < -0.4 is 15.4 Å². The maximum absolute atomic E-state index is 13.5. The van der Waals surface area contributed by atoms with E-state index < -0.39 is 6.04 Å². The lowest BCUT2D eigenvalue weighted by Crippen LogP contribution is -2.31. The molecule has 1 atom stereocenters. The van der Waals surface area contributed by atoms with Gasteiger partial charge in [-0.1, -0.05) is 62.9 Å². The third kappa shape index (κ3) is 6.06. The van der Waals surface area contributed by atoms with E-state index in [2.05, 4.69) is 36.4 Å². The largest absolute Gasteiger partial charge is 0.494 e. The highest BCUT2D eigenvalue weighted by Crippen LogP contribution is 2.37. The number of carbonyl (C=O) groups is 1. The number of allylic oxidation sites excluding steroid dienone is 1. The van der Waals surface area contributed by atoms with Crippen LogP contribution in [-0.4, -0.2) is 33.0 Å². The lowest BCUT2D eigenvalue weighted by atomic mass is 9.95. The summed E-state index contributed by atoms with van der Waals surface area (Å²) in [4.78, 5) is 18.2. The SMILES string of the molecule is CCCSc1nc2n(n1)C(c1ccc(OCCC(C)C)cc1)C(C(=O)Nc1ccccc1)=C(C)N2. The summed E-state index contributed by atoms with van der Waals surface area (Å²) in [6.07, 6.45) is 2.04. The molecule has 184 valence electrons. The number of carbonyl (C=O) groups excluding carboxylic acids is 1. The molecule has 0 spiro atoms. The van der Waals surface area contributed by atoms with Crippen molar-refractivity contribution in [3.63, 3.8) is 0 Å². The van der Waals surface area contributed by atoms with Crippen molar-refractivity contribution in [3.05, 3.63) is 71.4 Å². The molecule has 35 heavy (non-hydrogen) atoms. The fraction of sp³-hybridized carbons (Fsp3) is 0.370. The predicted octanol–water partition coefficient (Wildman–Crippen LogP) is 6.13. The van der Waals surface area contributed by atoms with Crippen LogP contribution in [0.15, 0.2) is 71.0 Å². The first-order valence-corrected chi connectivity index (χ1v) is 13.1. The summed E-state index contributed by atoms with van der Waals surface area (Å²) >= 11 is 1.62. The van der Waals surface area contributed by atoms with Crippen LogP contribution in [0.2, 0.25) is 0 Å². The Balaban J connectivity index is 1.66. The number of nitrogens with one attached hydrogen (secondary N) is 2. The topological polar surface area (TPSA) is 81.1 Å². The van der Waals surface area contributed by atoms with E-state index in [4.69, 9.17) is 9.84 Å². The van der Waals surface area contributed by atoms with Gasteiger partial charge in [0.15, 0.2) is 0 Å². The Kier molecular flexibility index (Phi) is 8.13. The first-order valence-electron chi connectivity index (χ1n) is 12.1. The molecule has 4 rings (SSSR count). The number of nitrogens with zero attached hydrogens (tertiary/aromatic N) is 3. The maximum atomic E-state index is 13.5. The van der Waals surface area contributed by atoms with Crippen molar-refractivity contribution < 1.29 is 9.53 Å². The molecular formula is C27H33N5O2S. The molecular weight excluding hydrogens is 458 g/mol. The van der Waals surface area contributed by atoms with Crippen LogP contribution in [-0.2, 0) is 4.79 Å². The zero-order valence-electron chi connectivity index (χ0n) is 20.7. The van der Waals surface area contributed by atoms with Gasteiger partial charge in [-0.05, 0) is 55.5 Å². The van der Waals surface area contributed by atoms with Crippen LogP contribution in [0.5, 0.6) is 5.75 Å². The standard InChI is InChI=1S/C27H33N5O2S/c1-5-17-35-27-30-26-28-19(4)23(25(33)29-21-9-7-6-8-10-21)24(32(26)31-27)20-11-13-22(14-12-20)34-16-15-18(2)3/h6-14,18,24H,5,15-17H2,1-4H3,(H,29,33)(H,28,30,31). The molecule has 1 amide bonds. The summed E-state index contributed by atoms with van der Waals surface area (Å²) in [5.74, 6) is 2.81. The third-order valence-corrected chi connectivity index (χ3v) is 6.75. The lowest BCUT2D eigenvalue weighted by molar-refractivity contribution is -0.113. The Morgan fingerprint density at radius 2 is 1.91 bits per heavy atom. The van der Waals surface area contributed by atoms with Gasteiger partial charge < -0.3 is 15.4 Å². The smallest absolute Gasteiger partial charge is 0.255 e. The molecule has 8 heteroatoms. The molecule has 0 fully saturated rings. The van der Waals surface area contributed by atoms with E-state index in [-0.39, 0.29) is 5.91 Å². The Labute approximate surface area is 211 Å². The fourth-order valence-electron chi connectivity index (χ4n) is 3.87. The highest BCUT2D eigenvalue weighted by Gasteiger charge is 2.34. The second-order valence-electron chi connectivity index (χ2n) is 9.00. The van der Waals surface area contributed by atoms with Gasteiger partial charge in [0.05, 0.1) is 12.2 Å². The van der Waals surface area contributed by atoms with Crippen molar-refractivity contribution in [1.29, 1.82) is 0 Å². The number of benzene rings is 2. The number of fused-ring (bicyclic) bond motifs is 1. The number of rotatable bonds is 10. The molecule has 0 radical (unpaired) electrons. The Hall–Kier alpha value is -3.26. The van der Waals surface area contributed by atoms with Crippen molar-refractivity contribution in [2.45, 2.75) is 51.7 Å². The molecule has 2 aromatic carbocycles. The quantitative estimate of drug-likeness (QED) is 0.332. The predicted molar refractivity (Wildman–Crippen MR) is 142 cm³/mol. The van der Waals surface area contributed by atoms with E-state index >= 15 is 0 Å². The summed E-state index contributed by atoms with van der Waals surface area (Å²) in [6, 6.07) is 17.0. The van der Waals surface area contributed by atoms with Gasteiger partial charge in [-0.2, -0.15) is 4.98 Å². The Morgan fingerprint density at radius 1 is 1.17 bits per heavy atom. The van der Waals surface area contributed by atoms with Gasteiger partial charge in [-0.25, -0.2) is 4.68 Å². The van der Waals surface area contributed by atoms with Gasteiger partial charge in [0.1, 0.15) is 11.8 Å². The molecule has 7 nitrogen and oxygen atoms in total. The molecule has 1 aliphatic heterocycles. The molecule has 1 aromatic heterocycles. The van der Waals surface area contributed by atoms with E-state index in [1.165, 1.54) is 0 Å². The van der Waals surface area contributed by atoms with Gasteiger partial charge in [0.2, 0.25) is 11.1 Å². The van der Waals surface area contributed by atoms with Gasteiger partial charge >= 0.3 is 0 Å². The minimum Gasteiger partial charge on any atom is -0.494 e. The van der Waals surface area contributed by atoms with Crippen LogP contribution in [0.1, 0.15) is 52.1 Å². The molecule has 2 heterocycles. The van der Waals surface area contributed by atoms with Gasteiger partial charge in [-0.15, -0.1) is 5.10 Å². The van der Waals surface area contributed by atoms with Gasteiger partial charge in [-0.3, -0.25) is 4.79 Å². The number of thioether (sulfide) groups is 1. The van der Waals surface area contributed by atoms with Crippen molar-refractivity contribution >= 4 is 29.3 Å². The molecule has 0 saturated carbocycles. The van der Waals surface area contributed by atoms with Crippen LogP contribution in [0.25, 0.3) is 0 Å². The number of hydrogen-bond acceptors (Lipinski definition) is 6. The average molecular weight is 492 g/mol. The molecule has 0 saturated heterocycles. The molecule has 1 unspecified atom stereocenters. The first kappa shape index (κ1) is 24.9. The number of ether oxygens (including phenoxy) is 1. The van der Waals surface area contributed by atoms with E-state index in [1.54, 1.807) is 11.8 Å². The van der Waals surface area contributed by atoms with Crippen molar-refractivity contribution in [2.24, 2.45) is 5.92 Å². The van der Waals surface area contributed by atoms with Crippen molar-refractivity contribution in [1.82, 2.24) is 14.8 Å². The summed E-state index contributed by atoms with van der Waals surface area (Å²) < 4.78 is 7.73. The summed E-state index contributed by atoms with van der Waals surface area (Å²) in [5, 5.41) is 11.8. The second-order valence-corrected chi connectivity index (χ2v) is 10.1. The zero-order chi connectivity index (χ0) is 24.8. The molecule has 1 aliphatic rings. The van der Waals surface area contributed by atoms with E-state index in [0.717, 1.165) is 41.3 Å². The molecule has 3 aromatic rings. The second kappa shape index (κ2) is 11.4. The molecule has 0 aliphatic carbocycles. The van der Waals surface area contributed by atoms with Crippen molar-refractivity contribution in [3.8, 4) is 5.75 Å². The van der Waals surface area contributed by atoms with Gasteiger partial charge in [0.25, 0.3) is 5.91 Å². The number of para-hydroxylation sites is 1. The first-order chi connectivity index (χ1) is 17.0. The molecule has 0 bridgehead atoms. The number of aromatic nitrogens is 3. The van der Waals surface area contributed by atoms with Crippen LogP contribution in [0.3, 0.4) is 0 Å². The number of amides is 1. The summed E-state index contributed by atoms with van der Waals surface area (Å²) in [7, 11) is 0. The molecule has 2 N–H and O–H groups in total. The lowest BCUT2D eigenvalue weighted by Gasteiger charge is -2.28. The summed E-state index contributed by atoms with van der Waals surface area (Å²) in [6.45, 7) is 9.09. The minimum atomic E-state index is -0.414. The number of hydrogen-bond donors (Lipinski definition) is 2. The third-order valence-electron chi connectivity index (χ3n) is 5.70. The van der Waals surface area contributed by atoms with Crippen molar-refractivity contribution in [2.75, 3.05) is 23.0 Å². The zero-order valence-corrected chi connectivity index (χ0v) is 21.6. The highest BCUT2D eigenvalue weighted by molar-refractivity contribution is 7.99. The highest BCUT2D eigenvalue weighted by atomic mass is 32.2. The van der Waals surface area contributed by atoms with Gasteiger partial charge in [0, 0.05) is 17.1 Å². The number of anilines is 2. The Morgan fingerprint density at radius 3 is 2.60 bits per heavy atom. The monoisotopic (exact) mass is 491 g/mol. The average Bonchev–Trinajstić information content (AvgIpc) is 3.25. The van der Waals surface area contributed by atoms with Crippen LogP contribution >= 0.6 is 11.8 Å². The Bertz CT molecular complexity index is 1170. The van der Waals surface area contributed by atoms with E-state index in [1.807, 2.05) is 66.2 Å². The van der Waals surface area contributed by atoms with Crippen LogP contribution in [0, 0.1) is 5.92 Å². The van der Waals surface area contributed by atoms with E-state index in [0.29, 0.717) is 29.2 Å². The normalized spacial score (nSPS) is 15.1. The minimum absolute atomic E-state index is 0.174. The summed E-state index contributed by atoms with van der Waals surface area (Å²) in [5.41, 5.74) is 3.05. The fourth-order valence-corrected chi connectivity index (χ4v) is 4.55. The van der Waals surface area contributed by atoms with E-state index in [9.17, 15) is 4.79 Å². The van der Waals surface area contributed by atoms with Crippen LogP contribution in [0.4, 0.5) is 11.6 Å². The maximum Gasteiger partial charge on any atom is 0.255 e.